The second-order valence-electron chi connectivity index (χ2n) is 6.72. The lowest BCUT2D eigenvalue weighted by atomic mass is 9.92. The maximum Gasteiger partial charge on any atom is 0.240 e. The van der Waals surface area contributed by atoms with E-state index in [1.165, 1.54) is 16.0 Å². The summed E-state index contributed by atoms with van der Waals surface area (Å²) in [5, 5.41) is 2.15. The SMILES string of the molecule is C[C@H](C(=O)N1CCc2sccc2[C@@H]1c1ccccc1)N1CCOCC1. The molecule has 2 aliphatic heterocycles. The number of hydrogen-bond donors (Lipinski definition) is 0. The van der Waals surface area contributed by atoms with Crippen LogP contribution < -0.4 is 0 Å². The van der Waals surface area contributed by atoms with Gasteiger partial charge in [0.05, 0.1) is 25.3 Å². The molecule has 2 aromatic rings. The first-order valence-electron chi connectivity index (χ1n) is 8.99. The minimum Gasteiger partial charge on any atom is -0.379 e. The molecule has 0 saturated carbocycles. The molecule has 1 saturated heterocycles. The van der Waals surface area contributed by atoms with E-state index in [1.54, 1.807) is 0 Å². The van der Waals surface area contributed by atoms with Gasteiger partial charge in [0.15, 0.2) is 0 Å². The molecule has 1 fully saturated rings. The van der Waals surface area contributed by atoms with Crippen molar-refractivity contribution in [2.24, 2.45) is 0 Å². The van der Waals surface area contributed by atoms with E-state index in [9.17, 15) is 4.79 Å². The molecule has 0 spiro atoms. The van der Waals surface area contributed by atoms with Crippen LogP contribution >= 0.6 is 11.3 Å². The monoisotopic (exact) mass is 356 g/mol. The smallest absolute Gasteiger partial charge is 0.240 e. The zero-order valence-corrected chi connectivity index (χ0v) is 15.4. The highest BCUT2D eigenvalue weighted by Gasteiger charge is 2.36. The maximum absolute atomic E-state index is 13.4. The van der Waals surface area contributed by atoms with Crippen LogP contribution in [0.25, 0.3) is 0 Å². The Morgan fingerprint density at radius 2 is 1.92 bits per heavy atom. The average Bonchev–Trinajstić information content (AvgIpc) is 3.16. The van der Waals surface area contributed by atoms with Crippen molar-refractivity contribution in [2.45, 2.75) is 25.4 Å². The second-order valence-corrected chi connectivity index (χ2v) is 7.72. The highest BCUT2D eigenvalue weighted by atomic mass is 32.1. The molecular formula is C20H24N2O2S. The van der Waals surface area contributed by atoms with Crippen LogP contribution in [-0.2, 0) is 16.0 Å². The second kappa shape index (κ2) is 7.28. The Kier molecular flexibility index (Phi) is 4.88. The minimum absolute atomic E-state index is 0.0344. The highest BCUT2D eigenvalue weighted by molar-refractivity contribution is 7.10. The van der Waals surface area contributed by atoms with Gasteiger partial charge in [-0.25, -0.2) is 0 Å². The predicted octanol–water partition coefficient (Wildman–Crippen LogP) is 2.94. The summed E-state index contributed by atoms with van der Waals surface area (Å²) in [6, 6.07) is 12.5. The largest absolute Gasteiger partial charge is 0.379 e. The summed E-state index contributed by atoms with van der Waals surface area (Å²) >= 11 is 1.81. The molecule has 2 aliphatic rings. The first-order chi connectivity index (χ1) is 12.3. The van der Waals surface area contributed by atoms with Crippen molar-refractivity contribution in [3.63, 3.8) is 0 Å². The number of hydrogen-bond acceptors (Lipinski definition) is 4. The Morgan fingerprint density at radius 3 is 2.68 bits per heavy atom. The number of nitrogens with zero attached hydrogens (tertiary/aromatic N) is 2. The first-order valence-corrected chi connectivity index (χ1v) is 9.87. The van der Waals surface area contributed by atoms with E-state index >= 15 is 0 Å². The summed E-state index contributed by atoms with van der Waals surface area (Å²) in [7, 11) is 0. The molecular weight excluding hydrogens is 332 g/mol. The Balaban J connectivity index is 1.64. The molecule has 1 aromatic carbocycles. The van der Waals surface area contributed by atoms with Gasteiger partial charge in [0, 0.05) is 24.5 Å². The van der Waals surface area contributed by atoms with Gasteiger partial charge in [-0.2, -0.15) is 0 Å². The molecule has 3 heterocycles. The number of benzene rings is 1. The number of fused-ring (bicyclic) bond motifs is 1. The van der Waals surface area contributed by atoms with Crippen molar-refractivity contribution in [1.82, 2.24) is 9.80 Å². The van der Waals surface area contributed by atoms with Crippen LogP contribution in [0.2, 0.25) is 0 Å². The van der Waals surface area contributed by atoms with Gasteiger partial charge in [-0.3, -0.25) is 9.69 Å². The van der Waals surface area contributed by atoms with Gasteiger partial charge < -0.3 is 9.64 Å². The topological polar surface area (TPSA) is 32.8 Å². The molecule has 0 aliphatic carbocycles. The number of carbonyl (C=O) groups is 1. The molecule has 0 radical (unpaired) electrons. The number of morpholine rings is 1. The number of ether oxygens (including phenoxy) is 1. The van der Waals surface area contributed by atoms with E-state index in [2.05, 4.69) is 45.5 Å². The molecule has 25 heavy (non-hydrogen) atoms. The predicted molar refractivity (Wildman–Crippen MR) is 99.9 cm³/mol. The third-order valence-electron chi connectivity index (χ3n) is 5.32. The molecule has 1 aromatic heterocycles. The van der Waals surface area contributed by atoms with Crippen LogP contribution in [0.4, 0.5) is 0 Å². The van der Waals surface area contributed by atoms with E-state index in [4.69, 9.17) is 4.74 Å². The van der Waals surface area contributed by atoms with Crippen LogP contribution in [-0.4, -0.2) is 54.6 Å². The van der Waals surface area contributed by atoms with Crippen molar-refractivity contribution >= 4 is 17.2 Å². The fourth-order valence-electron chi connectivity index (χ4n) is 3.91. The van der Waals surface area contributed by atoms with Gasteiger partial charge in [-0.15, -0.1) is 11.3 Å². The van der Waals surface area contributed by atoms with E-state index in [-0.39, 0.29) is 18.0 Å². The summed E-state index contributed by atoms with van der Waals surface area (Å²) in [6.07, 6.45) is 0.956. The van der Waals surface area contributed by atoms with Gasteiger partial charge >= 0.3 is 0 Å². The van der Waals surface area contributed by atoms with Gasteiger partial charge in [0.25, 0.3) is 0 Å². The molecule has 1 amide bonds. The molecule has 132 valence electrons. The standard InChI is InChI=1S/C20H24N2O2S/c1-15(21-10-12-24-13-11-21)20(23)22-9-7-18-17(8-14-25-18)19(22)16-5-3-2-4-6-16/h2-6,8,14-15,19H,7,9-13H2,1H3/t15-,19+/m1/s1. The summed E-state index contributed by atoms with van der Waals surface area (Å²) in [5.41, 5.74) is 2.49. The lowest BCUT2D eigenvalue weighted by molar-refractivity contribution is -0.140. The van der Waals surface area contributed by atoms with E-state index in [0.717, 1.165) is 26.1 Å². The van der Waals surface area contributed by atoms with Gasteiger partial charge in [-0.1, -0.05) is 30.3 Å². The molecule has 0 bridgehead atoms. The van der Waals surface area contributed by atoms with Crippen LogP contribution in [0.15, 0.2) is 41.8 Å². The molecule has 4 nitrogen and oxygen atoms in total. The van der Waals surface area contributed by atoms with Gasteiger partial charge in [-0.05, 0) is 35.9 Å². The zero-order chi connectivity index (χ0) is 17.2. The Bertz CT molecular complexity index is 724. The van der Waals surface area contributed by atoms with E-state index < -0.39 is 0 Å². The summed E-state index contributed by atoms with van der Waals surface area (Å²) in [5.74, 6) is 0.229. The first kappa shape index (κ1) is 16.8. The quantitative estimate of drug-likeness (QED) is 0.848. The van der Waals surface area contributed by atoms with Crippen molar-refractivity contribution in [1.29, 1.82) is 0 Å². The number of thiophene rings is 1. The normalized spacial score (nSPS) is 22.4. The molecule has 0 N–H and O–H groups in total. The Hall–Kier alpha value is -1.69. The van der Waals surface area contributed by atoms with Gasteiger partial charge in [0.2, 0.25) is 5.91 Å². The summed E-state index contributed by atoms with van der Waals surface area (Å²) < 4.78 is 5.44. The third kappa shape index (κ3) is 3.24. The third-order valence-corrected chi connectivity index (χ3v) is 6.31. The van der Waals surface area contributed by atoms with Crippen molar-refractivity contribution in [3.8, 4) is 0 Å². The molecule has 4 rings (SSSR count). The summed E-state index contributed by atoms with van der Waals surface area (Å²) in [6.45, 7) is 5.93. The maximum atomic E-state index is 13.4. The lowest BCUT2D eigenvalue weighted by Crippen LogP contribution is -2.52. The van der Waals surface area contributed by atoms with E-state index in [1.807, 2.05) is 24.3 Å². The Morgan fingerprint density at radius 1 is 1.16 bits per heavy atom. The van der Waals surface area contributed by atoms with Crippen LogP contribution in [0.1, 0.15) is 29.0 Å². The number of carbonyl (C=O) groups excluding carboxylic acids is 1. The molecule has 5 heteroatoms. The molecule has 0 unspecified atom stereocenters. The van der Waals surface area contributed by atoms with Crippen molar-refractivity contribution in [2.75, 3.05) is 32.8 Å². The van der Waals surface area contributed by atoms with E-state index in [0.29, 0.717) is 13.2 Å². The van der Waals surface area contributed by atoms with Crippen LogP contribution in [0.3, 0.4) is 0 Å². The summed E-state index contributed by atoms with van der Waals surface area (Å²) in [4.78, 5) is 19.1. The highest BCUT2D eigenvalue weighted by Crippen LogP contribution is 2.38. The number of rotatable bonds is 3. The fourth-order valence-corrected chi connectivity index (χ4v) is 4.81. The van der Waals surface area contributed by atoms with Crippen molar-refractivity contribution < 1.29 is 9.53 Å². The van der Waals surface area contributed by atoms with Crippen LogP contribution in [0, 0.1) is 0 Å². The zero-order valence-electron chi connectivity index (χ0n) is 14.6. The lowest BCUT2D eigenvalue weighted by Gasteiger charge is -2.40. The van der Waals surface area contributed by atoms with Crippen LogP contribution in [0.5, 0.6) is 0 Å². The van der Waals surface area contributed by atoms with Crippen molar-refractivity contribution in [3.05, 3.63) is 57.8 Å². The molecule has 2 atom stereocenters. The Labute approximate surface area is 153 Å². The minimum atomic E-state index is -0.102. The fraction of sp³-hybridized carbons (Fsp3) is 0.450. The average molecular weight is 356 g/mol. The number of amides is 1. The van der Waals surface area contributed by atoms with Gasteiger partial charge in [0.1, 0.15) is 0 Å².